The summed E-state index contributed by atoms with van der Waals surface area (Å²) in [7, 11) is 0. The van der Waals surface area contributed by atoms with Gasteiger partial charge in [0.2, 0.25) is 0 Å². The molecule has 0 aromatic heterocycles. The zero-order valence-corrected chi connectivity index (χ0v) is 14.3. The number of anilines is 1. The van der Waals surface area contributed by atoms with E-state index < -0.39 is 5.54 Å². The molecule has 0 aliphatic carbocycles. The maximum absolute atomic E-state index is 12.7. The molecular formula is C18H19BrN2O2. The maximum Gasteiger partial charge on any atom is 0.251 e. The van der Waals surface area contributed by atoms with Gasteiger partial charge in [0.1, 0.15) is 0 Å². The van der Waals surface area contributed by atoms with Gasteiger partial charge in [-0.1, -0.05) is 28.1 Å². The number of hydrogen-bond donors (Lipinski definition) is 2. The van der Waals surface area contributed by atoms with E-state index >= 15 is 0 Å². The van der Waals surface area contributed by atoms with E-state index in [-0.39, 0.29) is 5.91 Å². The van der Waals surface area contributed by atoms with Crippen molar-refractivity contribution in [3.05, 3.63) is 64.1 Å². The molecule has 1 aliphatic rings. The molecule has 3 N–H and O–H groups in total. The first-order chi connectivity index (χ1) is 11.1. The van der Waals surface area contributed by atoms with Crippen molar-refractivity contribution in [2.45, 2.75) is 18.4 Å². The first-order valence-electron chi connectivity index (χ1n) is 7.61. The summed E-state index contributed by atoms with van der Waals surface area (Å²) < 4.78 is 6.52. The molecule has 0 atom stereocenters. The number of nitrogens with one attached hydrogen (secondary N) is 1. The highest BCUT2D eigenvalue weighted by Gasteiger charge is 2.36. The number of rotatable bonds is 3. The van der Waals surface area contributed by atoms with Crippen LogP contribution in [0.25, 0.3) is 0 Å². The first kappa shape index (κ1) is 16.0. The van der Waals surface area contributed by atoms with Gasteiger partial charge < -0.3 is 15.8 Å². The van der Waals surface area contributed by atoms with Crippen LogP contribution in [0, 0.1) is 0 Å². The van der Waals surface area contributed by atoms with Gasteiger partial charge in [-0.15, -0.1) is 0 Å². The van der Waals surface area contributed by atoms with Gasteiger partial charge in [-0.05, 0) is 54.8 Å². The number of hydrogen-bond acceptors (Lipinski definition) is 3. The van der Waals surface area contributed by atoms with E-state index in [1.165, 1.54) is 0 Å². The van der Waals surface area contributed by atoms with Gasteiger partial charge in [0.15, 0.2) is 0 Å². The van der Waals surface area contributed by atoms with Crippen molar-refractivity contribution in [3.8, 4) is 0 Å². The van der Waals surface area contributed by atoms with Gasteiger partial charge in [-0.3, -0.25) is 4.79 Å². The van der Waals surface area contributed by atoms with Gasteiger partial charge in [-0.25, -0.2) is 0 Å². The van der Waals surface area contributed by atoms with Crippen LogP contribution in [0.3, 0.4) is 0 Å². The molecule has 0 radical (unpaired) electrons. The molecule has 0 saturated carbocycles. The van der Waals surface area contributed by atoms with Gasteiger partial charge in [0.05, 0.1) is 5.54 Å². The van der Waals surface area contributed by atoms with Gasteiger partial charge >= 0.3 is 0 Å². The molecule has 1 saturated heterocycles. The Morgan fingerprint density at radius 1 is 1.04 bits per heavy atom. The standard InChI is InChI=1S/C18H19BrN2O2/c19-15-5-3-14(4-6-15)18(9-11-23-12-10-18)21-17(22)13-1-7-16(20)8-2-13/h1-8H,9-12,20H2,(H,21,22). The lowest BCUT2D eigenvalue weighted by Crippen LogP contribution is -2.49. The average Bonchev–Trinajstić information content (AvgIpc) is 2.57. The molecular weight excluding hydrogens is 356 g/mol. The second kappa shape index (κ2) is 6.72. The lowest BCUT2D eigenvalue weighted by atomic mass is 9.82. The first-order valence-corrected chi connectivity index (χ1v) is 8.40. The van der Waals surface area contributed by atoms with Gasteiger partial charge in [0.25, 0.3) is 5.91 Å². The number of nitrogen functional groups attached to an aromatic ring is 1. The maximum atomic E-state index is 12.7. The summed E-state index contributed by atoms with van der Waals surface area (Å²) in [6, 6.07) is 15.1. The second-order valence-electron chi connectivity index (χ2n) is 5.78. The average molecular weight is 375 g/mol. The molecule has 0 bridgehead atoms. The van der Waals surface area contributed by atoms with Crippen molar-refractivity contribution in [2.75, 3.05) is 18.9 Å². The summed E-state index contributed by atoms with van der Waals surface area (Å²) >= 11 is 3.46. The predicted octanol–water partition coefficient (Wildman–Crippen LogP) is 3.47. The number of benzene rings is 2. The van der Waals surface area contributed by atoms with E-state index in [0.717, 1.165) is 22.9 Å². The van der Waals surface area contributed by atoms with Crippen molar-refractivity contribution >= 4 is 27.5 Å². The zero-order valence-electron chi connectivity index (χ0n) is 12.7. The lowest BCUT2D eigenvalue weighted by molar-refractivity contribution is 0.0345. The second-order valence-corrected chi connectivity index (χ2v) is 6.69. The summed E-state index contributed by atoms with van der Waals surface area (Å²) in [4.78, 5) is 12.7. The predicted molar refractivity (Wildman–Crippen MR) is 94.2 cm³/mol. The largest absolute Gasteiger partial charge is 0.399 e. The molecule has 120 valence electrons. The fourth-order valence-corrected chi connectivity index (χ4v) is 3.16. The van der Waals surface area contributed by atoms with E-state index in [0.29, 0.717) is 24.5 Å². The summed E-state index contributed by atoms with van der Waals surface area (Å²) in [6.45, 7) is 1.27. The number of amides is 1. The Bertz CT molecular complexity index is 677. The molecule has 0 spiro atoms. The molecule has 0 unspecified atom stereocenters. The fraction of sp³-hybridized carbons (Fsp3) is 0.278. The molecule has 2 aromatic rings. The molecule has 1 aliphatic heterocycles. The number of ether oxygens (including phenoxy) is 1. The third kappa shape index (κ3) is 3.57. The Kier molecular flexibility index (Phi) is 4.68. The van der Waals surface area contributed by atoms with Crippen molar-refractivity contribution in [1.82, 2.24) is 5.32 Å². The molecule has 3 rings (SSSR count). The molecule has 5 heteroatoms. The number of carbonyl (C=O) groups is 1. The number of nitrogens with two attached hydrogens (primary N) is 1. The van der Waals surface area contributed by atoms with E-state index in [9.17, 15) is 4.79 Å². The van der Waals surface area contributed by atoms with Crippen molar-refractivity contribution in [2.24, 2.45) is 0 Å². The van der Waals surface area contributed by atoms with Crippen LogP contribution in [0.5, 0.6) is 0 Å². The monoisotopic (exact) mass is 374 g/mol. The SMILES string of the molecule is Nc1ccc(C(=O)NC2(c3ccc(Br)cc3)CCOCC2)cc1. The van der Waals surface area contributed by atoms with Crippen LogP contribution in [0.4, 0.5) is 5.69 Å². The number of halogens is 1. The highest BCUT2D eigenvalue weighted by molar-refractivity contribution is 9.10. The molecule has 1 amide bonds. The topological polar surface area (TPSA) is 64.4 Å². The Labute approximate surface area is 144 Å². The highest BCUT2D eigenvalue weighted by atomic mass is 79.9. The summed E-state index contributed by atoms with van der Waals surface area (Å²) in [5, 5.41) is 3.23. The number of carbonyl (C=O) groups excluding carboxylic acids is 1. The van der Waals surface area contributed by atoms with E-state index in [1.807, 2.05) is 12.1 Å². The minimum absolute atomic E-state index is 0.0881. The van der Waals surface area contributed by atoms with Crippen LogP contribution < -0.4 is 11.1 Å². The Hall–Kier alpha value is -1.85. The third-order valence-corrected chi connectivity index (χ3v) is 4.80. The van der Waals surface area contributed by atoms with Crippen LogP contribution in [0.1, 0.15) is 28.8 Å². The fourth-order valence-electron chi connectivity index (χ4n) is 2.90. The van der Waals surface area contributed by atoms with E-state index in [4.69, 9.17) is 10.5 Å². The van der Waals surface area contributed by atoms with Crippen LogP contribution in [-0.4, -0.2) is 19.1 Å². The van der Waals surface area contributed by atoms with E-state index in [1.54, 1.807) is 24.3 Å². The molecule has 1 heterocycles. The van der Waals surface area contributed by atoms with Gasteiger partial charge in [-0.2, -0.15) is 0 Å². The summed E-state index contributed by atoms with van der Waals surface area (Å²) in [6.07, 6.45) is 1.52. The summed E-state index contributed by atoms with van der Waals surface area (Å²) in [5.74, 6) is -0.0881. The quantitative estimate of drug-likeness (QED) is 0.808. The normalized spacial score (nSPS) is 16.7. The third-order valence-electron chi connectivity index (χ3n) is 4.27. The van der Waals surface area contributed by atoms with Crippen LogP contribution in [0.2, 0.25) is 0 Å². The lowest BCUT2D eigenvalue weighted by Gasteiger charge is -2.38. The molecule has 1 fully saturated rings. The van der Waals surface area contributed by atoms with Crippen LogP contribution >= 0.6 is 15.9 Å². The van der Waals surface area contributed by atoms with Crippen molar-refractivity contribution in [3.63, 3.8) is 0 Å². The smallest absolute Gasteiger partial charge is 0.251 e. The Balaban J connectivity index is 1.88. The Morgan fingerprint density at radius 3 is 2.26 bits per heavy atom. The molecule has 4 nitrogen and oxygen atoms in total. The van der Waals surface area contributed by atoms with Crippen molar-refractivity contribution in [1.29, 1.82) is 0 Å². The summed E-state index contributed by atoms with van der Waals surface area (Å²) in [5.41, 5.74) is 7.66. The minimum Gasteiger partial charge on any atom is -0.399 e. The Morgan fingerprint density at radius 2 is 1.65 bits per heavy atom. The zero-order chi connectivity index (χ0) is 16.3. The van der Waals surface area contributed by atoms with E-state index in [2.05, 4.69) is 33.4 Å². The van der Waals surface area contributed by atoms with Crippen LogP contribution in [-0.2, 0) is 10.3 Å². The van der Waals surface area contributed by atoms with Crippen molar-refractivity contribution < 1.29 is 9.53 Å². The highest BCUT2D eigenvalue weighted by Crippen LogP contribution is 2.33. The van der Waals surface area contributed by atoms with Gasteiger partial charge in [0, 0.05) is 28.9 Å². The molecule has 2 aromatic carbocycles. The van der Waals surface area contributed by atoms with Crippen LogP contribution in [0.15, 0.2) is 53.0 Å². The minimum atomic E-state index is -0.391. The molecule has 23 heavy (non-hydrogen) atoms.